The predicted molar refractivity (Wildman–Crippen MR) is 169 cm³/mol. The molecule has 1 unspecified atom stereocenters. The number of benzene rings is 3. The molecule has 0 spiro atoms. The van der Waals surface area contributed by atoms with Gasteiger partial charge >= 0.3 is 6.09 Å². The number of carbonyl (C=O) groups excluding carboxylic acids is 1. The number of thiophene rings is 1. The lowest BCUT2D eigenvalue weighted by Crippen LogP contribution is -2.50. The van der Waals surface area contributed by atoms with Crippen LogP contribution in [0.1, 0.15) is 20.8 Å². The van der Waals surface area contributed by atoms with E-state index in [0.717, 1.165) is 40.8 Å². The van der Waals surface area contributed by atoms with E-state index < -0.39 is 16.4 Å². The van der Waals surface area contributed by atoms with E-state index in [1.165, 1.54) is 0 Å². The molecule has 1 aliphatic rings. The fourth-order valence-corrected chi connectivity index (χ4v) is 6.46. The molecular formula is C32H35BrN2O6S. The summed E-state index contributed by atoms with van der Waals surface area (Å²) in [5.74, 6) is 2.56. The maximum Gasteiger partial charge on any atom is 0.410 e. The highest BCUT2D eigenvalue weighted by molar-refractivity contribution is 9.10. The van der Waals surface area contributed by atoms with Gasteiger partial charge in [-0.25, -0.2) is 4.79 Å². The predicted octanol–water partition coefficient (Wildman–Crippen LogP) is 7.73. The molecule has 42 heavy (non-hydrogen) atoms. The molecule has 10 heteroatoms. The quantitative estimate of drug-likeness (QED) is 0.180. The van der Waals surface area contributed by atoms with Crippen LogP contribution < -0.4 is 14.2 Å². The number of piperazine rings is 1. The van der Waals surface area contributed by atoms with Crippen molar-refractivity contribution in [2.24, 2.45) is 0 Å². The Hall–Kier alpha value is -3.31. The number of amides is 1. The van der Waals surface area contributed by atoms with Crippen LogP contribution in [0.4, 0.5) is 4.79 Å². The van der Waals surface area contributed by atoms with E-state index in [9.17, 15) is 9.35 Å². The number of methoxy groups -OCH3 is 1. The van der Waals surface area contributed by atoms with Crippen molar-refractivity contribution in [3.63, 3.8) is 0 Å². The Morgan fingerprint density at radius 2 is 1.57 bits per heavy atom. The van der Waals surface area contributed by atoms with Crippen LogP contribution in [0.2, 0.25) is 0 Å². The number of ether oxygens (including phenoxy) is 4. The third-order valence-electron chi connectivity index (χ3n) is 6.88. The molecule has 0 N–H and O–H groups in total. The highest BCUT2D eigenvalue weighted by atomic mass is 79.9. The second-order valence-corrected chi connectivity index (χ2v) is 13.3. The first-order chi connectivity index (χ1) is 20.1. The lowest BCUT2D eigenvalue weighted by molar-refractivity contribution is 0.0137. The third-order valence-corrected chi connectivity index (χ3v) is 8.93. The first kappa shape index (κ1) is 30.2. The van der Waals surface area contributed by atoms with Crippen LogP contribution in [-0.4, -0.2) is 72.5 Å². The first-order valence-corrected chi connectivity index (χ1v) is 15.8. The number of fused-ring (bicyclic) bond motifs is 1. The summed E-state index contributed by atoms with van der Waals surface area (Å²) in [6.45, 7) is 9.75. The summed E-state index contributed by atoms with van der Waals surface area (Å²) in [6.07, 6.45) is -0.257. The zero-order valence-corrected chi connectivity index (χ0v) is 26.6. The van der Waals surface area contributed by atoms with Crippen LogP contribution in [-0.2, 0) is 4.74 Å². The number of carbonyl (C=O) groups is 1. The molecule has 0 bridgehead atoms. The molecule has 1 aliphatic heterocycles. The van der Waals surface area contributed by atoms with Crippen molar-refractivity contribution >= 4 is 42.9 Å². The average Bonchev–Trinajstić information content (AvgIpc) is 3.24. The molecule has 2 heterocycles. The standard InChI is InChI=1S/C32H35BrN2O6S/c1-32(2,3)41-31(36)35-17-15-34(16-18-35)19-20-39-24-9-11-25(12-10-24)40-29-27-14-13-26(38-4)21-28(27)42(37)30(29)22-5-7-23(33)8-6-22/h5-14,21H,15-20H2,1-4H3. The molecule has 1 fully saturated rings. The van der Waals surface area contributed by atoms with Gasteiger partial charge in [-0.3, -0.25) is 4.90 Å². The maximum absolute atomic E-state index is 13.6. The summed E-state index contributed by atoms with van der Waals surface area (Å²) >= 11 is 3.48. The zero-order valence-electron chi connectivity index (χ0n) is 24.2. The molecule has 1 atom stereocenters. The number of nitrogens with zero attached hydrogens (tertiary/aromatic N) is 2. The summed E-state index contributed by atoms with van der Waals surface area (Å²) in [6, 6.07) is 20.7. The monoisotopic (exact) mass is 654 g/mol. The summed E-state index contributed by atoms with van der Waals surface area (Å²) in [5, 5.41) is 0.777. The molecule has 1 amide bonds. The van der Waals surface area contributed by atoms with Crippen molar-refractivity contribution in [2.75, 3.05) is 46.4 Å². The lowest BCUT2D eigenvalue weighted by atomic mass is 10.1. The van der Waals surface area contributed by atoms with Crippen LogP contribution in [0.5, 0.6) is 23.0 Å². The van der Waals surface area contributed by atoms with Crippen molar-refractivity contribution in [3.8, 4) is 33.4 Å². The van der Waals surface area contributed by atoms with Gasteiger partial charge in [-0.1, -0.05) is 15.9 Å². The van der Waals surface area contributed by atoms with E-state index in [4.69, 9.17) is 18.9 Å². The van der Waals surface area contributed by atoms with Gasteiger partial charge in [0.25, 0.3) is 0 Å². The largest absolute Gasteiger partial charge is 0.590 e. The Bertz CT molecular complexity index is 1520. The van der Waals surface area contributed by atoms with Gasteiger partial charge in [0.2, 0.25) is 4.88 Å². The summed E-state index contributed by atoms with van der Waals surface area (Å²) < 4.78 is 38.4. The van der Waals surface area contributed by atoms with Crippen LogP contribution in [0.15, 0.2) is 71.2 Å². The molecule has 1 saturated heterocycles. The molecule has 0 saturated carbocycles. The van der Waals surface area contributed by atoms with Gasteiger partial charge in [0.15, 0.2) is 10.4 Å². The van der Waals surface area contributed by atoms with Gasteiger partial charge in [-0.05, 0) is 92.2 Å². The minimum absolute atomic E-state index is 0.257. The zero-order chi connectivity index (χ0) is 29.9. The maximum atomic E-state index is 13.6. The van der Waals surface area contributed by atoms with Crippen molar-refractivity contribution in [1.29, 1.82) is 0 Å². The Morgan fingerprint density at radius 3 is 2.21 bits per heavy atom. The smallest absolute Gasteiger partial charge is 0.410 e. The molecule has 3 aromatic carbocycles. The van der Waals surface area contributed by atoms with E-state index in [1.54, 1.807) is 18.1 Å². The fraction of sp³-hybridized carbons (Fsp3) is 0.344. The molecule has 1 aromatic heterocycles. The van der Waals surface area contributed by atoms with Gasteiger partial charge in [-0.2, -0.15) is 0 Å². The van der Waals surface area contributed by atoms with Crippen molar-refractivity contribution in [1.82, 2.24) is 9.80 Å². The lowest BCUT2D eigenvalue weighted by Gasteiger charge is -2.35. The number of hydrogen-bond donors (Lipinski definition) is 0. The first-order valence-electron chi connectivity index (χ1n) is 13.8. The van der Waals surface area contributed by atoms with Gasteiger partial charge in [0.1, 0.15) is 29.5 Å². The van der Waals surface area contributed by atoms with E-state index in [0.29, 0.717) is 46.5 Å². The van der Waals surface area contributed by atoms with Crippen molar-refractivity contribution < 1.29 is 28.3 Å². The van der Waals surface area contributed by atoms with Crippen molar-refractivity contribution in [3.05, 3.63) is 71.2 Å². The Balaban J connectivity index is 1.22. The highest BCUT2D eigenvalue weighted by Gasteiger charge is 2.28. The SMILES string of the molecule is COc1ccc2c(Oc3ccc(OCCN4CCN(C(=O)OC(C)(C)C)CC4)cc3)c(-c3ccc(Br)cc3)[s+]([O-])c2c1. The van der Waals surface area contributed by atoms with E-state index in [1.807, 2.05) is 81.4 Å². The van der Waals surface area contributed by atoms with Gasteiger partial charge in [0, 0.05) is 48.8 Å². The fourth-order valence-electron chi connectivity index (χ4n) is 4.72. The molecule has 222 valence electrons. The van der Waals surface area contributed by atoms with E-state index >= 15 is 0 Å². The minimum atomic E-state index is -1.43. The number of halogens is 1. The molecule has 0 aliphatic carbocycles. The van der Waals surface area contributed by atoms with Crippen molar-refractivity contribution in [2.45, 2.75) is 26.4 Å². The summed E-state index contributed by atoms with van der Waals surface area (Å²) in [7, 11) is 0.165. The van der Waals surface area contributed by atoms with Crippen LogP contribution in [0, 0.1) is 0 Å². The van der Waals surface area contributed by atoms with Gasteiger partial charge in [-0.15, -0.1) is 0 Å². The van der Waals surface area contributed by atoms with Gasteiger partial charge < -0.3 is 28.4 Å². The summed E-state index contributed by atoms with van der Waals surface area (Å²) in [5.41, 5.74) is 0.337. The Labute approximate surface area is 257 Å². The Morgan fingerprint density at radius 1 is 0.929 bits per heavy atom. The Kier molecular flexibility index (Phi) is 9.27. The topological polar surface area (TPSA) is 83.5 Å². The average molecular weight is 656 g/mol. The minimum Gasteiger partial charge on any atom is -0.590 e. The van der Waals surface area contributed by atoms with E-state index in [-0.39, 0.29) is 6.09 Å². The molecule has 8 nitrogen and oxygen atoms in total. The van der Waals surface area contributed by atoms with Crippen LogP contribution >= 0.6 is 26.7 Å². The number of hydrogen-bond acceptors (Lipinski definition) is 7. The van der Waals surface area contributed by atoms with E-state index in [2.05, 4.69) is 20.8 Å². The number of rotatable bonds is 8. The highest BCUT2D eigenvalue weighted by Crippen LogP contribution is 2.52. The second-order valence-electron chi connectivity index (χ2n) is 11.0. The molecule has 0 radical (unpaired) electrons. The van der Waals surface area contributed by atoms with Crippen LogP contribution in [0.25, 0.3) is 20.5 Å². The third kappa shape index (κ3) is 7.18. The van der Waals surface area contributed by atoms with Gasteiger partial charge in [0.05, 0.1) is 12.5 Å². The normalized spacial score (nSPS) is 14.6. The molecule has 4 aromatic rings. The van der Waals surface area contributed by atoms with Crippen LogP contribution in [0.3, 0.4) is 0 Å². The second kappa shape index (κ2) is 12.9. The molecular weight excluding hydrogens is 620 g/mol. The summed E-state index contributed by atoms with van der Waals surface area (Å²) in [4.78, 5) is 16.9. The molecule has 5 rings (SSSR count).